The van der Waals surface area contributed by atoms with Crippen molar-refractivity contribution in [2.45, 2.75) is 110 Å². The van der Waals surface area contributed by atoms with Gasteiger partial charge in [0.05, 0.1) is 7.11 Å². The first kappa shape index (κ1) is 27.7. The molecule has 0 aromatic rings. The number of carbonyl (C=O) groups is 1. The van der Waals surface area contributed by atoms with E-state index in [0.29, 0.717) is 0 Å². The quantitative estimate of drug-likeness (QED) is 0.226. The zero-order valence-electron chi connectivity index (χ0n) is 18.8. The van der Waals surface area contributed by atoms with Gasteiger partial charge in [-0.3, -0.25) is 4.79 Å². The first-order valence-electron chi connectivity index (χ1n) is 11.2. The monoisotopic (exact) mass is 369 g/mol. The van der Waals surface area contributed by atoms with Crippen LogP contribution in [0.3, 0.4) is 0 Å². The normalized spacial score (nSPS) is 10.5. The van der Waals surface area contributed by atoms with Gasteiger partial charge in [-0.15, -0.1) is 0 Å². The molecule has 4 heteroatoms. The fraction of sp³-hybridized carbons (Fsp3) is 0.955. The molecule has 0 heterocycles. The Morgan fingerprint density at radius 2 is 0.962 bits per heavy atom. The SMILES string of the molecule is BC(=O)OC.CCCCCCCCCCCCCCCCCCN(C)C. The summed E-state index contributed by atoms with van der Waals surface area (Å²) in [5.74, 6) is -0.245. The number of carbonyl (C=O) groups excluding carboxylic acids is 1. The number of unbranched alkanes of at least 4 members (excludes halogenated alkanes) is 15. The molecule has 3 nitrogen and oxygen atoms in total. The summed E-state index contributed by atoms with van der Waals surface area (Å²) in [6.07, 6.45) is 23.3. The van der Waals surface area contributed by atoms with Gasteiger partial charge in [-0.05, 0) is 27.1 Å². The van der Waals surface area contributed by atoms with Gasteiger partial charge in [-0.2, -0.15) is 0 Å². The van der Waals surface area contributed by atoms with Crippen LogP contribution in [-0.4, -0.2) is 46.4 Å². The van der Waals surface area contributed by atoms with Gasteiger partial charge in [0.1, 0.15) is 0 Å². The van der Waals surface area contributed by atoms with E-state index in [1.165, 1.54) is 124 Å². The van der Waals surface area contributed by atoms with Crippen LogP contribution in [0.4, 0.5) is 4.79 Å². The molecule has 0 rings (SSSR count). The Kier molecular flexibility index (Phi) is 26.1. The van der Waals surface area contributed by atoms with Crippen molar-refractivity contribution in [3.63, 3.8) is 0 Å². The molecule has 0 bridgehead atoms. The molecule has 0 unspecified atom stereocenters. The maximum Gasteiger partial charge on any atom is 0.242 e. The molecule has 0 aliphatic carbocycles. The Balaban J connectivity index is 0. The highest BCUT2D eigenvalue weighted by molar-refractivity contribution is 6.55. The Bertz CT molecular complexity index is 273. The van der Waals surface area contributed by atoms with Crippen LogP contribution >= 0.6 is 0 Å². The molecular weight excluding hydrogens is 321 g/mol. The van der Waals surface area contributed by atoms with E-state index in [4.69, 9.17) is 0 Å². The Morgan fingerprint density at radius 1 is 0.692 bits per heavy atom. The highest BCUT2D eigenvalue weighted by Crippen LogP contribution is 2.13. The third-order valence-electron chi connectivity index (χ3n) is 4.75. The van der Waals surface area contributed by atoms with Gasteiger partial charge in [-0.25, -0.2) is 0 Å². The van der Waals surface area contributed by atoms with Gasteiger partial charge < -0.3 is 9.64 Å². The van der Waals surface area contributed by atoms with E-state index < -0.39 is 0 Å². The molecule has 0 fully saturated rings. The van der Waals surface area contributed by atoms with Crippen molar-refractivity contribution in [2.24, 2.45) is 0 Å². The predicted octanol–water partition coefficient (Wildman–Crippen LogP) is 6.20. The number of hydrogen-bond acceptors (Lipinski definition) is 3. The van der Waals surface area contributed by atoms with Gasteiger partial charge in [0.2, 0.25) is 13.7 Å². The van der Waals surface area contributed by atoms with Crippen LogP contribution in [-0.2, 0) is 4.74 Å². The number of hydrogen-bond donors (Lipinski definition) is 0. The van der Waals surface area contributed by atoms with Crippen LogP contribution in [0, 0.1) is 0 Å². The van der Waals surface area contributed by atoms with Crippen molar-refractivity contribution >= 4 is 13.7 Å². The van der Waals surface area contributed by atoms with E-state index in [1.54, 1.807) is 0 Å². The molecule has 156 valence electrons. The predicted molar refractivity (Wildman–Crippen MR) is 119 cm³/mol. The zero-order valence-corrected chi connectivity index (χ0v) is 18.8. The Morgan fingerprint density at radius 3 is 1.19 bits per heavy atom. The lowest BCUT2D eigenvalue weighted by atomic mass is 10.0. The van der Waals surface area contributed by atoms with Gasteiger partial charge in [0.25, 0.3) is 0 Å². The fourth-order valence-electron chi connectivity index (χ4n) is 2.98. The summed E-state index contributed by atoms with van der Waals surface area (Å²) >= 11 is 0. The van der Waals surface area contributed by atoms with Crippen LogP contribution in [0.1, 0.15) is 110 Å². The molecule has 0 aliphatic rings. The van der Waals surface area contributed by atoms with Crippen LogP contribution in [0.25, 0.3) is 0 Å². The molecule has 26 heavy (non-hydrogen) atoms. The fourth-order valence-corrected chi connectivity index (χ4v) is 2.98. The van der Waals surface area contributed by atoms with Crippen molar-refractivity contribution in [3.05, 3.63) is 0 Å². The molecule has 0 saturated carbocycles. The summed E-state index contributed by atoms with van der Waals surface area (Å²) in [6.45, 7) is 3.56. The van der Waals surface area contributed by atoms with E-state index in [2.05, 4.69) is 30.7 Å². The van der Waals surface area contributed by atoms with Crippen molar-refractivity contribution < 1.29 is 9.53 Å². The van der Waals surface area contributed by atoms with Crippen molar-refractivity contribution in [3.8, 4) is 0 Å². The Labute approximate surface area is 166 Å². The van der Waals surface area contributed by atoms with E-state index in [-0.39, 0.29) is 5.87 Å². The number of methoxy groups -OCH3 is 1. The minimum Gasteiger partial charge on any atom is -0.477 e. The molecule has 0 N–H and O–H groups in total. The topological polar surface area (TPSA) is 29.5 Å². The first-order chi connectivity index (χ1) is 12.5. The van der Waals surface area contributed by atoms with Crippen LogP contribution in [0.2, 0.25) is 0 Å². The summed E-state index contributed by atoms with van der Waals surface area (Å²) in [5.41, 5.74) is 0. The van der Waals surface area contributed by atoms with E-state index >= 15 is 0 Å². The zero-order chi connectivity index (χ0) is 19.9. The second-order valence-electron chi connectivity index (χ2n) is 7.80. The Hall–Kier alpha value is -0.505. The van der Waals surface area contributed by atoms with Crippen molar-refractivity contribution in [2.75, 3.05) is 27.7 Å². The lowest BCUT2D eigenvalue weighted by Crippen LogP contribution is -2.12. The average Bonchev–Trinajstić information content (AvgIpc) is 2.61. The molecule has 0 aromatic carbocycles. The third-order valence-corrected chi connectivity index (χ3v) is 4.75. The average molecular weight is 369 g/mol. The third kappa shape index (κ3) is 31.3. The van der Waals surface area contributed by atoms with Crippen LogP contribution < -0.4 is 0 Å². The van der Waals surface area contributed by atoms with E-state index in [0.717, 1.165) is 0 Å². The second kappa shape index (κ2) is 24.5. The molecule has 0 amide bonds. The minimum absolute atomic E-state index is 0.245. The molecule has 0 spiro atoms. The van der Waals surface area contributed by atoms with Crippen LogP contribution in [0.15, 0.2) is 0 Å². The lowest BCUT2D eigenvalue weighted by molar-refractivity contribution is 0.198. The standard InChI is InChI=1S/C20H43N.C2H5BO2/c1-4-5-6-7-8-9-10-11-12-13-14-15-16-17-18-19-20-21(2)3;1-5-2(3)4/h4-20H2,1-3H3;3H2,1H3. The maximum absolute atomic E-state index is 9.59. The smallest absolute Gasteiger partial charge is 0.242 e. The molecule has 0 aromatic heterocycles. The van der Waals surface area contributed by atoms with Crippen molar-refractivity contribution in [1.29, 1.82) is 0 Å². The maximum atomic E-state index is 9.59. The summed E-state index contributed by atoms with van der Waals surface area (Å²) in [4.78, 5) is 11.9. The summed E-state index contributed by atoms with van der Waals surface area (Å²) < 4.78 is 4.11. The second-order valence-corrected chi connectivity index (χ2v) is 7.80. The van der Waals surface area contributed by atoms with Gasteiger partial charge in [0.15, 0.2) is 0 Å². The van der Waals surface area contributed by atoms with Crippen LogP contribution in [0.5, 0.6) is 0 Å². The summed E-state index contributed by atoms with van der Waals surface area (Å²) in [6, 6.07) is 0. The summed E-state index contributed by atoms with van der Waals surface area (Å²) in [5, 5.41) is 0. The molecule has 0 radical (unpaired) electrons. The number of ether oxygens (including phenoxy) is 1. The number of rotatable bonds is 17. The van der Waals surface area contributed by atoms with Crippen molar-refractivity contribution in [1.82, 2.24) is 4.90 Å². The molecular formula is C22H48BNO2. The first-order valence-corrected chi connectivity index (χ1v) is 11.2. The van der Waals surface area contributed by atoms with E-state index in [1.807, 2.05) is 0 Å². The van der Waals surface area contributed by atoms with Gasteiger partial charge in [0, 0.05) is 0 Å². The van der Waals surface area contributed by atoms with Gasteiger partial charge >= 0.3 is 0 Å². The summed E-state index contributed by atoms with van der Waals surface area (Å²) in [7, 11) is 7.05. The molecule has 0 aliphatic heterocycles. The lowest BCUT2D eigenvalue weighted by Gasteiger charge is -2.08. The largest absolute Gasteiger partial charge is 0.477 e. The van der Waals surface area contributed by atoms with Gasteiger partial charge in [-0.1, -0.05) is 103 Å². The highest BCUT2D eigenvalue weighted by Gasteiger charge is 1.95. The van der Waals surface area contributed by atoms with E-state index in [9.17, 15) is 4.79 Å². The number of nitrogens with zero attached hydrogens (tertiary/aromatic N) is 1. The molecule has 0 atom stereocenters. The highest BCUT2D eigenvalue weighted by atomic mass is 16.5. The minimum atomic E-state index is -0.245. The molecule has 0 saturated heterocycles.